The molecule has 0 N–H and O–H groups in total. The summed E-state index contributed by atoms with van der Waals surface area (Å²) in [6.45, 7) is 1.16. The molecule has 66 valence electrons. The summed E-state index contributed by atoms with van der Waals surface area (Å²) >= 11 is 0. The van der Waals surface area contributed by atoms with Gasteiger partial charge in [0.1, 0.15) is 0 Å². The highest BCUT2D eigenvalue weighted by molar-refractivity contribution is 5.02. The van der Waals surface area contributed by atoms with Gasteiger partial charge in [0, 0.05) is 19.0 Å². The van der Waals surface area contributed by atoms with Crippen molar-refractivity contribution < 1.29 is 0 Å². The van der Waals surface area contributed by atoms with Gasteiger partial charge >= 0.3 is 0 Å². The van der Waals surface area contributed by atoms with E-state index < -0.39 is 0 Å². The van der Waals surface area contributed by atoms with E-state index in [4.69, 9.17) is 5.26 Å². The number of hydrogen-bond donors (Lipinski definition) is 0. The molecule has 0 atom stereocenters. The van der Waals surface area contributed by atoms with Crippen LogP contribution >= 0.6 is 0 Å². The quantitative estimate of drug-likeness (QED) is 0.633. The SMILES string of the molecule is CN(CC1(CC#N)CC1)C1CC1. The van der Waals surface area contributed by atoms with Gasteiger partial charge < -0.3 is 4.90 Å². The Hall–Kier alpha value is -0.550. The zero-order chi connectivity index (χ0) is 8.60. The Kier molecular flexibility index (Phi) is 1.84. The highest BCUT2D eigenvalue weighted by atomic mass is 15.2. The Morgan fingerprint density at radius 3 is 2.58 bits per heavy atom. The van der Waals surface area contributed by atoms with Gasteiger partial charge in [-0.15, -0.1) is 0 Å². The van der Waals surface area contributed by atoms with Crippen LogP contribution in [0.25, 0.3) is 0 Å². The first kappa shape index (κ1) is 8.07. The van der Waals surface area contributed by atoms with E-state index in [1.807, 2.05) is 0 Å². The van der Waals surface area contributed by atoms with Gasteiger partial charge in [-0.3, -0.25) is 0 Å². The molecule has 0 radical (unpaired) electrons. The lowest BCUT2D eigenvalue weighted by atomic mass is 10.0. The molecule has 0 heterocycles. The summed E-state index contributed by atoms with van der Waals surface area (Å²) in [5.74, 6) is 0. The average Bonchev–Trinajstić information content (AvgIpc) is 2.79. The molecule has 0 saturated heterocycles. The molecule has 0 unspecified atom stereocenters. The minimum Gasteiger partial charge on any atom is -0.303 e. The van der Waals surface area contributed by atoms with E-state index in [2.05, 4.69) is 18.0 Å². The van der Waals surface area contributed by atoms with Crippen molar-refractivity contribution in [2.75, 3.05) is 13.6 Å². The zero-order valence-electron chi connectivity index (χ0n) is 7.71. The Bertz CT molecular complexity index is 208. The van der Waals surface area contributed by atoms with E-state index in [0.29, 0.717) is 5.41 Å². The molecule has 0 aromatic carbocycles. The second-order valence-corrected chi connectivity index (χ2v) is 4.48. The molecular formula is C10H16N2. The van der Waals surface area contributed by atoms with E-state index in [9.17, 15) is 0 Å². The lowest BCUT2D eigenvalue weighted by Gasteiger charge is -2.21. The maximum Gasteiger partial charge on any atom is 0.0628 e. The lowest BCUT2D eigenvalue weighted by molar-refractivity contribution is 0.256. The molecule has 0 aromatic heterocycles. The van der Waals surface area contributed by atoms with E-state index in [-0.39, 0.29) is 0 Å². The third-order valence-corrected chi connectivity index (χ3v) is 3.17. The molecule has 2 heteroatoms. The van der Waals surface area contributed by atoms with Crippen molar-refractivity contribution in [3.05, 3.63) is 0 Å². The molecular weight excluding hydrogens is 148 g/mol. The molecule has 0 spiro atoms. The minimum absolute atomic E-state index is 0.409. The lowest BCUT2D eigenvalue weighted by Crippen LogP contribution is -2.28. The smallest absolute Gasteiger partial charge is 0.0628 e. The third-order valence-electron chi connectivity index (χ3n) is 3.17. The summed E-state index contributed by atoms with van der Waals surface area (Å²) in [6.07, 6.45) is 6.07. The molecule has 2 rings (SSSR count). The highest BCUT2D eigenvalue weighted by Crippen LogP contribution is 2.49. The first-order valence-electron chi connectivity index (χ1n) is 4.83. The van der Waals surface area contributed by atoms with Crippen LogP contribution in [0, 0.1) is 16.7 Å². The van der Waals surface area contributed by atoms with Gasteiger partial charge in [-0.2, -0.15) is 5.26 Å². The first-order chi connectivity index (χ1) is 5.76. The van der Waals surface area contributed by atoms with Gasteiger partial charge in [-0.1, -0.05) is 0 Å². The van der Waals surface area contributed by atoms with Gasteiger partial charge in [0.05, 0.1) is 6.07 Å². The summed E-state index contributed by atoms with van der Waals surface area (Å²) in [6, 6.07) is 3.16. The Labute approximate surface area is 74.2 Å². The average molecular weight is 164 g/mol. The Balaban J connectivity index is 1.81. The van der Waals surface area contributed by atoms with Crippen molar-refractivity contribution in [3.8, 4) is 6.07 Å². The second kappa shape index (κ2) is 2.74. The number of rotatable bonds is 4. The molecule has 12 heavy (non-hydrogen) atoms. The van der Waals surface area contributed by atoms with E-state index in [1.165, 1.54) is 25.7 Å². The van der Waals surface area contributed by atoms with Crippen molar-refractivity contribution in [2.45, 2.75) is 38.1 Å². The van der Waals surface area contributed by atoms with Gasteiger partial charge in [0.2, 0.25) is 0 Å². The molecule has 2 saturated carbocycles. The fourth-order valence-electron chi connectivity index (χ4n) is 1.91. The maximum absolute atomic E-state index is 8.64. The maximum atomic E-state index is 8.64. The van der Waals surface area contributed by atoms with Crippen molar-refractivity contribution in [2.24, 2.45) is 5.41 Å². The van der Waals surface area contributed by atoms with Gasteiger partial charge in [-0.05, 0) is 38.1 Å². The van der Waals surface area contributed by atoms with E-state index >= 15 is 0 Å². The molecule has 2 nitrogen and oxygen atoms in total. The van der Waals surface area contributed by atoms with Crippen LogP contribution < -0.4 is 0 Å². The van der Waals surface area contributed by atoms with E-state index in [1.54, 1.807) is 0 Å². The fraction of sp³-hybridized carbons (Fsp3) is 0.900. The van der Waals surface area contributed by atoms with Crippen LogP contribution in [0.3, 0.4) is 0 Å². The van der Waals surface area contributed by atoms with Crippen LogP contribution in [0.15, 0.2) is 0 Å². The Morgan fingerprint density at radius 2 is 2.17 bits per heavy atom. The topological polar surface area (TPSA) is 27.0 Å². The van der Waals surface area contributed by atoms with Crippen LogP contribution in [0.4, 0.5) is 0 Å². The van der Waals surface area contributed by atoms with Gasteiger partial charge in [-0.25, -0.2) is 0 Å². The summed E-state index contributed by atoms with van der Waals surface area (Å²) in [7, 11) is 2.20. The molecule has 2 aliphatic carbocycles. The van der Waals surface area contributed by atoms with Gasteiger partial charge in [0.25, 0.3) is 0 Å². The van der Waals surface area contributed by atoms with E-state index in [0.717, 1.165) is 19.0 Å². The van der Waals surface area contributed by atoms with Crippen LogP contribution in [0.2, 0.25) is 0 Å². The molecule has 0 amide bonds. The van der Waals surface area contributed by atoms with Crippen molar-refractivity contribution in [1.29, 1.82) is 5.26 Å². The Morgan fingerprint density at radius 1 is 1.50 bits per heavy atom. The summed E-state index contributed by atoms with van der Waals surface area (Å²) in [4.78, 5) is 2.45. The highest BCUT2D eigenvalue weighted by Gasteiger charge is 2.44. The molecule has 0 aromatic rings. The largest absolute Gasteiger partial charge is 0.303 e. The molecule has 2 aliphatic rings. The van der Waals surface area contributed by atoms with Gasteiger partial charge in [0.15, 0.2) is 0 Å². The summed E-state index contributed by atoms with van der Waals surface area (Å²) < 4.78 is 0. The fourth-order valence-corrected chi connectivity index (χ4v) is 1.91. The van der Waals surface area contributed by atoms with Crippen LogP contribution in [0.1, 0.15) is 32.1 Å². The van der Waals surface area contributed by atoms with Crippen molar-refractivity contribution in [1.82, 2.24) is 4.90 Å². The van der Waals surface area contributed by atoms with Crippen LogP contribution in [-0.2, 0) is 0 Å². The standard InChI is InChI=1S/C10H16N2/c1-12(9-2-3-9)8-10(4-5-10)6-7-11/h9H,2-6,8H2,1H3. The predicted molar refractivity (Wildman–Crippen MR) is 47.5 cm³/mol. The van der Waals surface area contributed by atoms with Crippen LogP contribution in [0.5, 0.6) is 0 Å². The normalized spacial score (nSPS) is 25.4. The van der Waals surface area contributed by atoms with Crippen molar-refractivity contribution in [3.63, 3.8) is 0 Å². The number of nitrogens with zero attached hydrogens (tertiary/aromatic N) is 2. The zero-order valence-corrected chi connectivity index (χ0v) is 7.71. The third kappa shape index (κ3) is 1.61. The molecule has 0 bridgehead atoms. The number of hydrogen-bond acceptors (Lipinski definition) is 2. The molecule has 2 fully saturated rings. The number of nitriles is 1. The predicted octanol–water partition coefficient (Wildman–Crippen LogP) is 1.77. The summed E-state index contributed by atoms with van der Waals surface area (Å²) in [5.41, 5.74) is 0.409. The van der Waals surface area contributed by atoms with Crippen LogP contribution in [-0.4, -0.2) is 24.5 Å². The summed E-state index contributed by atoms with van der Waals surface area (Å²) in [5, 5.41) is 8.64. The molecule has 0 aliphatic heterocycles. The first-order valence-corrected chi connectivity index (χ1v) is 4.83. The van der Waals surface area contributed by atoms with Crippen molar-refractivity contribution >= 4 is 0 Å². The second-order valence-electron chi connectivity index (χ2n) is 4.48. The monoisotopic (exact) mass is 164 g/mol. The minimum atomic E-state index is 0.409.